The topological polar surface area (TPSA) is 109 Å². The Kier molecular flexibility index (Phi) is 8.32. The highest BCUT2D eigenvalue weighted by Crippen LogP contribution is 2.28. The lowest BCUT2D eigenvalue weighted by atomic mass is 10.2. The zero-order valence-electron chi connectivity index (χ0n) is 22.0. The van der Waals surface area contributed by atoms with Crippen molar-refractivity contribution in [1.82, 2.24) is 15.3 Å². The van der Waals surface area contributed by atoms with E-state index in [1.54, 1.807) is 36.3 Å². The van der Waals surface area contributed by atoms with Gasteiger partial charge in [0.05, 0.1) is 42.9 Å². The van der Waals surface area contributed by atoms with E-state index in [-0.39, 0.29) is 28.2 Å². The minimum absolute atomic E-state index is 0.134. The van der Waals surface area contributed by atoms with Crippen molar-refractivity contribution in [3.8, 4) is 11.9 Å². The van der Waals surface area contributed by atoms with Gasteiger partial charge >= 0.3 is 12.1 Å². The summed E-state index contributed by atoms with van der Waals surface area (Å²) in [5.74, 6) is 0.786. The normalized spacial score (nSPS) is 17.1. The number of hydrogen-bond acceptors (Lipinski definition) is 9. The lowest BCUT2D eigenvalue weighted by molar-refractivity contribution is 0.0916. The molecule has 3 aromatic rings. The molecule has 2 amide bonds. The van der Waals surface area contributed by atoms with E-state index in [4.69, 9.17) is 37.4 Å². The summed E-state index contributed by atoms with van der Waals surface area (Å²) < 4.78 is 15.9. The zero-order valence-corrected chi connectivity index (χ0v) is 23.5. The van der Waals surface area contributed by atoms with Gasteiger partial charge in [-0.25, -0.2) is 4.79 Å². The second kappa shape index (κ2) is 12.1. The largest absolute Gasteiger partial charge is 0.481 e. The maximum absolute atomic E-state index is 12.6. The summed E-state index contributed by atoms with van der Waals surface area (Å²) in [6, 6.07) is 14.7. The number of carbonyl (C=O) groups is 2. The number of rotatable bonds is 8. The van der Waals surface area contributed by atoms with Gasteiger partial charge in [-0.05, 0) is 36.4 Å². The van der Waals surface area contributed by atoms with Gasteiger partial charge in [0.15, 0.2) is 0 Å². The molecule has 2 saturated heterocycles. The van der Waals surface area contributed by atoms with Crippen molar-refractivity contribution in [2.24, 2.45) is 0 Å². The lowest BCUT2D eigenvalue weighted by Crippen LogP contribution is -2.46. The molecule has 0 radical (unpaired) electrons. The summed E-state index contributed by atoms with van der Waals surface area (Å²) in [4.78, 5) is 39.7. The van der Waals surface area contributed by atoms with E-state index in [2.05, 4.69) is 25.1 Å². The molecule has 5 rings (SSSR count). The molecule has 0 aliphatic carbocycles. The van der Waals surface area contributed by atoms with Gasteiger partial charge in [0.25, 0.3) is 5.91 Å². The molecule has 11 nitrogen and oxygen atoms in total. The molecule has 40 heavy (non-hydrogen) atoms. The van der Waals surface area contributed by atoms with Crippen molar-refractivity contribution >= 4 is 52.4 Å². The molecule has 2 aliphatic rings. The van der Waals surface area contributed by atoms with Crippen LogP contribution in [0, 0.1) is 0 Å². The van der Waals surface area contributed by atoms with Crippen molar-refractivity contribution in [3.63, 3.8) is 0 Å². The Hall–Kier alpha value is -3.96. The van der Waals surface area contributed by atoms with E-state index < -0.39 is 18.1 Å². The highest BCUT2D eigenvalue weighted by atomic mass is 35.5. The summed E-state index contributed by atoms with van der Waals surface area (Å²) in [5, 5.41) is 3.26. The summed E-state index contributed by atoms with van der Waals surface area (Å²) in [6.07, 6.45) is -0.975. The fourth-order valence-corrected chi connectivity index (χ4v) is 5.20. The highest BCUT2D eigenvalue weighted by molar-refractivity contribution is 6.39. The van der Waals surface area contributed by atoms with E-state index >= 15 is 0 Å². The van der Waals surface area contributed by atoms with Crippen molar-refractivity contribution in [1.29, 1.82) is 0 Å². The number of cyclic esters (lactones) is 1. The summed E-state index contributed by atoms with van der Waals surface area (Å²) in [5.41, 5.74) is 1.96. The number of aromatic nitrogens is 2. The average Bonchev–Trinajstić information content (AvgIpc) is 3.36. The Labute approximate surface area is 241 Å². The van der Waals surface area contributed by atoms with Crippen molar-refractivity contribution in [3.05, 3.63) is 64.1 Å². The number of nitrogens with zero attached hydrogens (tertiary/aromatic N) is 5. The van der Waals surface area contributed by atoms with Gasteiger partial charge in [-0.15, -0.1) is 0 Å². The van der Waals surface area contributed by atoms with Crippen molar-refractivity contribution in [2.75, 3.05) is 68.2 Å². The third-order valence-electron chi connectivity index (χ3n) is 6.74. The molecule has 2 aromatic carbocycles. The van der Waals surface area contributed by atoms with E-state index in [0.29, 0.717) is 12.4 Å². The van der Waals surface area contributed by atoms with Gasteiger partial charge in [0, 0.05) is 43.6 Å². The first-order chi connectivity index (χ1) is 19.4. The predicted octanol–water partition coefficient (Wildman–Crippen LogP) is 3.88. The SMILES string of the molecule is COc1cc(N2CCN(c3ccc(N4CC(CNC(=O)c5c(Cl)cccc5Cl)OC4=O)cc3)CC2)nc(OC)n1. The van der Waals surface area contributed by atoms with Crippen LogP contribution >= 0.6 is 23.2 Å². The van der Waals surface area contributed by atoms with Gasteiger partial charge < -0.3 is 29.3 Å². The molecule has 0 bridgehead atoms. The number of anilines is 3. The number of amides is 2. The molecule has 1 atom stereocenters. The molecule has 2 aliphatic heterocycles. The van der Waals surface area contributed by atoms with Gasteiger partial charge in [-0.3, -0.25) is 9.69 Å². The molecule has 210 valence electrons. The fraction of sp³-hybridized carbons (Fsp3) is 0.333. The standard InChI is InChI=1S/C27H28Cl2N6O5/c1-38-23-14-22(31-26(32-23)39-2)34-12-10-33(11-13-34)17-6-8-18(9-7-17)35-16-19(40-27(35)37)15-30-25(36)24-20(28)4-3-5-21(24)29/h3-9,14,19H,10-13,15-16H2,1-2H3,(H,30,36). The van der Waals surface area contributed by atoms with Crippen LogP contribution in [0.15, 0.2) is 48.5 Å². The number of piperazine rings is 1. The van der Waals surface area contributed by atoms with Crippen LogP contribution in [0.4, 0.5) is 22.0 Å². The average molecular weight is 587 g/mol. The van der Waals surface area contributed by atoms with Gasteiger partial charge in [0.1, 0.15) is 11.9 Å². The minimum atomic E-state index is -0.510. The number of nitrogens with one attached hydrogen (secondary N) is 1. The van der Waals surface area contributed by atoms with Gasteiger partial charge in [-0.2, -0.15) is 9.97 Å². The number of halogens is 2. The quantitative estimate of drug-likeness (QED) is 0.420. The molecular formula is C27H28Cl2N6O5. The van der Waals surface area contributed by atoms with Crippen LogP contribution in [-0.4, -0.2) is 81.6 Å². The van der Waals surface area contributed by atoms with E-state index in [1.165, 1.54) is 7.11 Å². The second-order valence-corrected chi connectivity index (χ2v) is 9.98. The molecule has 0 spiro atoms. The molecule has 13 heteroatoms. The first-order valence-corrected chi connectivity index (χ1v) is 13.4. The van der Waals surface area contributed by atoms with Gasteiger partial charge in [0.2, 0.25) is 5.88 Å². The smallest absolute Gasteiger partial charge is 0.414 e. The number of benzene rings is 2. The molecular weight excluding hydrogens is 559 g/mol. The van der Waals surface area contributed by atoms with Crippen LogP contribution in [0.25, 0.3) is 0 Å². The molecule has 2 fully saturated rings. The van der Waals surface area contributed by atoms with E-state index in [0.717, 1.165) is 43.4 Å². The number of ether oxygens (including phenoxy) is 3. The summed E-state index contributed by atoms with van der Waals surface area (Å²) in [6.45, 7) is 3.54. The van der Waals surface area contributed by atoms with Gasteiger partial charge in [-0.1, -0.05) is 29.3 Å². The van der Waals surface area contributed by atoms with Crippen LogP contribution < -0.4 is 29.5 Å². The Bertz CT molecular complexity index is 1340. The zero-order chi connectivity index (χ0) is 28.2. The Morgan fingerprint density at radius 3 is 2.27 bits per heavy atom. The lowest BCUT2D eigenvalue weighted by Gasteiger charge is -2.36. The maximum atomic E-state index is 12.6. The van der Waals surface area contributed by atoms with Crippen LogP contribution in [0.1, 0.15) is 10.4 Å². The Morgan fingerprint density at radius 1 is 0.975 bits per heavy atom. The first kappa shape index (κ1) is 27.6. The van der Waals surface area contributed by atoms with Crippen LogP contribution in [0.3, 0.4) is 0 Å². The predicted molar refractivity (Wildman–Crippen MR) is 152 cm³/mol. The summed E-state index contributed by atoms with van der Waals surface area (Å²) in [7, 11) is 3.09. The third kappa shape index (κ3) is 5.95. The first-order valence-electron chi connectivity index (χ1n) is 12.6. The van der Waals surface area contributed by atoms with Crippen molar-refractivity contribution < 1.29 is 23.8 Å². The van der Waals surface area contributed by atoms with E-state index in [1.807, 2.05) is 24.3 Å². The Morgan fingerprint density at radius 2 is 1.62 bits per heavy atom. The molecule has 1 N–H and O–H groups in total. The Balaban J connectivity index is 1.15. The molecule has 1 aromatic heterocycles. The maximum Gasteiger partial charge on any atom is 0.414 e. The fourth-order valence-electron chi connectivity index (χ4n) is 4.64. The number of methoxy groups -OCH3 is 2. The minimum Gasteiger partial charge on any atom is -0.481 e. The number of carbonyl (C=O) groups excluding carboxylic acids is 2. The van der Waals surface area contributed by atoms with Crippen molar-refractivity contribution in [2.45, 2.75) is 6.10 Å². The van der Waals surface area contributed by atoms with Crippen LogP contribution in [-0.2, 0) is 4.74 Å². The molecule has 1 unspecified atom stereocenters. The monoisotopic (exact) mass is 586 g/mol. The molecule has 0 saturated carbocycles. The van der Waals surface area contributed by atoms with E-state index in [9.17, 15) is 9.59 Å². The van der Waals surface area contributed by atoms with Crippen LogP contribution in [0.2, 0.25) is 10.0 Å². The number of hydrogen-bond donors (Lipinski definition) is 1. The van der Waals surface area contributed by atoms with Crippen LogP contribution in [0.5, 0.6) is 11.9 Å². The highest BCUT2D eigenvalue weighted by Gasteiger charge is 2.33. The summed E-state index contributed by atoms with van der Waals surface area (Å²) >= 11 is 12.2. The third-order valence-corrected chi connectivity index (χ3v) is 7.37. The molecule has 3 heterocycles. The second-order valence-electron chi connectivity index (χ2n) is 9.17.